The van der Waals surface area contributed by atoms with Gasteiger partial charge in [-0.25, -0.2) is 13.4 Å². The van der Waals surface area contributed by atoms with E-state index in [-0.39, 0.29) is 76.9 Å². The minimum absolute atomic E-state index is 0.0153. The molecule has 1 aliphatic rings. The number of hydrogen-bond donors (Lipinski definition) is 4. The zero-order chi connectivity index (χ0) is 37.3. The predicted molar refractivity (Wildman–Crippen MR) is 201 cm³/mol. The van der Waals surface area contributed by atoms with Crippen molar-refractivity contribution in [2.75, 3.05) is 32.7 Å². The number of guanidine groups is 1. The molecule has 0 unspecified atom stereocenters. The minimum Gasteiger partial charge on any atom is -0.487 e. The van der Waals surface area contributed by atoms with Gasteiger partial charge in [-0.2, -0.15) is 4.72 Å². The van der Waals surface area contributed by atoms with Gasteiger partial charge in [0.05, 0.1) is 5.02 Å². The molecule has 16 heteroatoms. The summed E-state index contributed by atoms with van der Waals surface area (Å²) in [6, 6.07) is 8.98. The van der Waals surface area contributed by atoms with Crippen LogP contribution in [-0.2, 0) is 26.2 Å². The molecule has 2 heterocycles. The summed E-state index contributed by atoms with van der Waals surface area (Å²) in [6.45, 7) is 7.35. The van der Waals surface area contributed by atoms with Crippen LogP contribution >= 0.6 is 23.2 Å². The number of rotatable bonds is 16. The van der Waals surface area contributed by atoms with Gasteiger partial charge in [-0.05, 0) is 62.9 Å². The van der Waals surface area contributed by atoms with Gasteiger partial charge in [0.25, 0.3) is 0 Å². The number of amides is 2. The van der Waals surface area contributed by atoms with E-state index < -0.39 is 16.1 Å². The lowest BCUT2D eigenvalue weighted by molar-refractivity contribution is -0.140. The summed E-state index contributed by atoms with van der Waals surface area (Å²) in [5.74, 6) is 0.0609. The lowest BCUT2D eigenvalue weighted by atomic mass is 10.1. The summed E-state index contributed by atoms with van der Waals surface area (Å²) >= 11 is 13.2. The number of nitrogens with zero attached hydrogens (tertiary/aromatic N) is 4. The Bertz CT molecular complexity index is 1850. The van der Waals surface area contributed by atoms with Gasteiger partial charge in [0.2, 0.25) is 21.8 Å². The fraction of sp³-hybridized carbons (Fsp3) is 0.486. The Hall–Kier alpha value is -3.69. The molecule has 13 nitrogen and oxygen atoms in total. The van der Waals surface area contributed by atoms with Crippen molar-refractivity contribution in [3.05, 3.63) is 63.3 Å². The van der Waals surface area contributed by atoms with E-state index in [1.165, 1.54) is 12.1 Å². The number of nitrogens with two attached hydrogens (primary N) is 3. The van der Waals surface area contributed by atoms with Crippen molar-refractivity contribution in [3.63, 3.8) is 0 Å². The number of carbonyl (C=O) groups excluding carboxylic acids is 2. The Kier molecular flexibility index (Phi) is 14.3. The van der Waals surface area contributed by atoms with Crippen molar-refractivity contribution in [3.8, 4) is 5.75 Å². The first-order valence-electron chi connectivity index (χ1n) is 17.1. The molecule has 0 aliphatic carbocycles. The van der Waals surface area contributed by atoms with E-state index in [0.717, 1.165) is 23.1 Å². The number of para-hydroxylation sites is 1. The number of hydrogen-bond acceptors (Lipinski definition) is 8. The standard InChI is InChI=1S/C35H48Cl2N8O5S/c1-4-5-10-28(34(47)45-17-15-44(16-18-45)31(46)20-24(38)8-7-14-41-35(39)40)43-51(48,49)30-13-12-27(36)26(32(30)37)21-50-29-11-6-9-25-22(2)19-23(3)42-33(25)29/h6,9,11-13,19,24,28,43H,4-5,7-8,10,14-18,20-21,38H2,1-3H3,(H4,39,40,41)/t24-,28+/m0/s1. The van der Waals surface area contributed by atoms with E-state index in [1.54, 1.807) is 15.9 Å². The highest BCUT2D eigenvalue weighted by Crippen LogP contribution is 2.34. The van der Waals surface area contributed by atoms with E-state index in [9.17, 15) is 18.0 Å². The average molecular weight is 764 g/mol. The molecule has 1 fully saturated rings. The maximum atomic E-state index is 13.8. The van der Waals surface area contributed by atoms with Crippen molar-refractivity contribution in [1.29, 1.82) is 0 Å². The molecule has 3 aromatic rings. The first-order chi connectivity index (χ1) is 24.2. The Morgan fingerprint density at radius 3 is 2.43 bits per heavy atom. The molecule has 0 radical (unpaired) electrons. The van der Waals surface area contributed by atoms with E-state index >= 15 is 0 Å². The van der Waals surface area contributed by atoms with E-state index in [4.69, 9.17) is 45.1 Å². The van der Waals surface area contributed by atoms with Crippen molar-refractivity contribution in [2.45, 2.75) is 82.9 Å². The number of pyridine rings is 1. The van der Waals surface area contributed by atoms with Crippen molar-refractivity contribution in [2.24, 2.45) is 22.2 Å². The topological polar surface area (TPSA) is 199 Å². The van der Waals surface area contributed by atoms with E-state index in [0.29, 0.717) is 50.2 Å². The highest BCUT2D eigenvalue weighted by Gasteiger charge is 2.33. The van der Waals surface area contributed by atoms with Gasteiger partial charge in [0.15, 0.2) is 5.96 Å². The van der Waals surface area contributed by atoms with Gasteiger partial charge in [0.1, 0.15) is 28.8 Å². The van der Waals surface area contributed by atoms with Gasteiger partial charge in [-0.3, -0.25) is 14.6 Å². The van der Waals surface area contributed by atoms with Gasteiger partial charge >= 0.3 is 0 Å². The van der Waals surface area contributed by atoms with Crippen molar-refractivity contribution < 1.29 is 22.7 Å². The number of sulfonamides is 1. The Morgan fingerprint density at radius 2 is 1.75 bits per heavy atom. The van der Waals surface area contributed by atoms with Crippen LogP contribution in [0.3, 0.4) is 0 Å². The van der Waals surface area contributed by atoms with E-state index in [1.807, 2.05) is 39.0 Å². The number of piperazine rings is 1. The van der Waals surface area contributed by atoms with Crippen LogP contribution in [0.2, 0.25) is 10.0 Å². The maximum absolute atomic E-state index is 13.8. The molecular formula is C35H48Cl2N8O5S. The maximum Gasteiger partial charge on any atom is 0.242 e. The number of unbranched alkanes of at least 4 members (excludes halogenated alkanes) is 1. The number of aryl methyl sites for hydroxylation is 2. The highest BCUT2D eigenvalue weighted by molar-refractivity contribution is 7.89. The first-order valence-corrected chi connectivity index (χ1v) is 19.3. The molecule has 2 amide bonds. The van der Waals surface area contributed by atoms with Gasteiger partial charge in [0, 0.05) is 66.9 Å². The summed E-state index contributed by atoms with van der Waals surface area (Å²) in [6.07, 6.45) is 3.07. The summed E-state index contributed by atoms with van der Waals surface area (Å²) in [4.78, 5) is 38.3. The number of aliphatic imine (C=N–C) groups is 1. The molecule has 2 atom stereocenters. The summed E-state index contributed by atoms with van der Waals surface area (Å²) in [7, 11) is -4.28. The smallest absolute Gasteiger partial charge is 0.242 e. The number of aromatic nitrogens is 1. The number of nitrogens with one attached hydrogen (secondary N) is 1. The lowest BCUT2D eigenvalue weighted by Gasteiger charge is -2.37. The minimum atomic E-state index is -4.28. The molecule has 0 saturated carbocycles. The van der Waals surface area contributed by atoms with Crippen molar-refractivity contribution >= 4 is 61.9 Å². The number of fused-ring (bicyclic) bond motifs is 1. The molecule has 1 aromatic heterocycles. The Balaban J connectivity index is 1.42. The number of halogens is 2. The predicted octanol–water partition coefficient (Wildman–Crippen LogP) is 4.02. The molecule has 278 valence electrons. The van der Waals surface area contributed by atoms with Crippen LogP contribution in [0.15, 0.2) is 46.3 Å². The van der Waals surface area contributed by atoms with Crippen LogP contribution in [0.5, 0.6) is 5.75 Å². The van der Waals surface area contributed by atoms with Crippen molar-refractivity contribution in [1.82, 2.24) is 19.5 Å². The molecule has 7 N–H and O–H groups in total. The summed E-state index contributed by atoms with van der Waals surface area (Å²) in [5.41, 5.74) is 19.7. The van der Waals surface area contributed by atoms with Crippen LogP contribution < -0.4 is 26.7 Å². The van der Waals surface area contributed by atoms with E-state index in [2.05, 4.69) is 14.7 Å². The normalized spacial score (nSPS) is 14.7. The van der Waals surface area contributed by atoms with Crippen LogP contribution in [0.4, 0.5) is 0 Å². The molecule has 51 heavy (non-hydrogen) atoms. The van der Waals surface area contributed by atoms with Gasteiger partial charge in [-0.15, -0.1) is 0 Å². The zero-order valence-electron chi connectivity index (χ0n) is 29.3. The lowest BCUT2D eigenvalue weighted by Crippen LogP contribution is -2.56. The van der Waals surface area contributed by atoms with Crippen LogP contribution in [0, 0.1) is 13.8 Å². The van der Waals surface area contributed by atoms with Crippen LogP contribution in [-0.4, -0.2) is 85.8 Å². The second kappa shape index (κ2) is 18.2. The van der Waals surface area contributed by atoms with Gasteiger partial charge in [-0.1, -0.05) is 55.1 Å². The van der Waals surface area contributed by atoms with Gasteiger partial charge < -0.3 is 31.7 Å². The van der Waals surface area contributed by atoms with Crippen LogP contribution in [0.25, 0.3) is 10.9 Å². The Labute approximate surface area is 309 Å². The molecule has 0 bridgehead atoms. The fourth-order valence-electron chi connectivity index (χ4n) is 6.04. The number of benzene rings is 2. The molecule has 1 saturated heterocycles. The summed E-state index contributed by atoms with van der Waals surface area (Å²) in [5, 5.41) is 1.07. The first kappa shape index (κ1) is 40.1. The largest absolute Gasteiger partial charge is 0.487 e. The molecule has 0 spiro atoms. The zero-order valence-corrected chi connectivity index (χ0v) is 31.7. The SMILES string of the molecule is CCCC[C@@H](NS(=O)(=O)c1ccc(Cl)c(COc2cccc3c(C)cc(C)nc23)c1Cl)C(=O)N1CCN(C(=O)C[C@@H](N)CCCN=C(N)N)CC1. The van der Waals surface area contributed by atoms with Crippen LogP contribution in [0.1, 0.15) is 62.3 Å². The second-order valence-electron chi connectivity index (χ2n) is 12.8. The molecule has 2 aromatic carbocycles. The molecular weight excluding hydrogens is 715 g/mol. The number of ether oxygens (including phenoxy) is 1. The molecule has 1 aliphatic heterocycles. The third-order valence-corrected chi connectivity index (χ3v) is 11.2. The highest BCUT2D eigenvalue weighted by atomic mass is 35.5. The Morgan fingerprint density at radius 1 is 1.04 bits per heavy atom. The fourth-order valence-corrected chi connectivity index (χ4v) is 8.15. The third-order valence-electron chi connectivity index (χ3n) is 8.80. The summed E-state index contributed by atoms with van der Waals surface area (Å²) < 4.78 is 36.4. The quantitative estimate of drug-likeness (QED) is 0.0946. The molecule has 4 rings (SSSR count). The third kappa shape index (κ3) is 10.7. The second-order valence-corrected chi connectivity index (χ2v) is 15.3. The number of carbonyl (C=O) groups is 2. The monoisotopic (exact) mass is 762 g/mol. The average Bonchev–Trinajstić information content (AvgIpc) is 3.08.